The summed E-state index contributed by atoms with van der Waals surface area (Å²) in [4.78, 5) is 40.8. The molecular weight excluding hydrogens is 476 g/mol. The van der Waals surface area contributed by atoms with E-state index in [-0.39, 0.29) is 16.9 Å². The van der Waals surface area contributed by atoms with Gasteiger partial charge in [0.2, 0.25) is 11.9 Å². The number of anilines is 3. The monoisotopic (exact) mass is 508 g/mol. The number of benzene rings is 1. The topological polar surface area (TPSA) is 98.6 Å². The van der Waals surface area contributed by atoms with Crippen molar-refractivity contribution < 1.29 is 4.79 Å². The van der Waals surface area contributed by atoms with Gasteiger partial charge in [-0.3, -0.25) is 14.5 Å². The number of carbonyl (C=O) groups excluding carboxylic acids is 1. The van der Waals surface area contributed by atoms with Gasteiger partial charge in [-0.2, -0.15) is 0 Å². The van der Waals surface area contributed by atoms with Crippen LogP contribution in [0, 0.1) is 6.92 Å². The van der Waals surface area contributed by atoms with Crippen molar-refractivity contribution in [1.29, 1.82) is 0 Å². The Hall–Kier alpha value is -3.28. The van der Waals surface area contributed by atoms with Crippen LogP contribution in [-0.4, -0.2) is 82.2 Å². The van der Waals surface area contributed by atoms with Crippen molar-refractivity contribution >= 4 is 34.6 Å². The summed E-state index contributed by atoms with van der Waals surface area (Å²) in [7, 11) is 1.77. The lowest BCUT2D eigenvalue weighted by molar-refractivity contribution is -0.130. The standard InChI is InChI=1S/C25H32N8O2S/c1-17-23(36-25(35)30(17)3)21-8-9-27-24(29-21)28-19-4-6-20(7-5-19)33-15-14-32(18(2)34)16-22(33)31-12-10-26-11-13-31/h4-9,22,26H,10-16H2,1-3H3,(H,27,28,29). The molecule has 10 nitrogen and oxygen atoms in total. The molecule has 0 spiro atoms. The van der Waals surface area contributed by atoms with Crippen molar-refractivity contribution in [2.75, 3.05) is 56.0 Å². The molecule has 11 heteroatoms. The molecule has 2 aliphatic heterocycles. The highest BCUT2D eigenvalue weighted by Gasteiger charge is 2.33. The van der Waals surface area contributed by atoms with Crippen LogP contribution in [0.4, 0.5) is 17.3 Å². The summed E-state index contributed by atoms with van der Waals surface area (Å²) in [5.41, 5.74) is 3.64. The number of rotatable bonds is 5. The summed E-state index contributed by atoms with van der Waals surface area (Å²) < 4.78 is 1.64. The summed E-state index contributed by atoms with van der Waals surface area (Å²) >= 11 is 1.19. The van der Waals surface area contributed by atoms with E-state index in [1.165, 1.54) is 11.3 Å². The van der Waals surface area contributed by atoms with Gasteiger partial charge in [-0.1, -0.05) is 11.3 Å². The highest BCUT2D eigenvalue weighted by Crippen LogP contribution is 2.27. The predicted octanol–water partition coefficient (Wildman–Crippen LogP) is 1.86. The van der Waals surface area contributed by atoms with Crippen molar-refractivity contribution in [3.63, 3.8) is 0 Å². The van der Waals surface area contributed by atoms with E-state index in [9.17, 15) is 9.59 Å². The van der Waals surface area contributed by atoms with Crippen LogP contribution < -0.4 is 20.4 Å². The zero-order valence-corrected chi connectivity index (χ0v) is 21.7. The van der Waals surface area contributed by atoms with Crippen LogP contribution in [0.25, 0.3) is 10.6 Å². The van der Waals surface area contributed by atoms with Gasteiger partial charge in [0.05, 0.1) is 17.1 Å². The van der Waals surface area contributed by atoms with E-state index in [0.29, 0.717) is 12.5 Å². The Balaban J connectivity index is 1.33. The van der Waals surface area contributed by atoms with Crippen LogP contribution in [0.2, 0.25) is 0 Å². The lowest BCUT2D eigenvalue weighted by Crippen LogP contribution is -2.64. The minimum atomic E-state index is -0.00512. The van der Waals surface area contributed by atoms with Gasteiger partial charge in [0.15, 0.2) is 0 Å². The molecule has 190 valence electrons. The second kappa shape index (κ2) is 10.4. The number of carbonyl (C=O) groups is 1. The molecule has 0 saturated carbocycles. The van der Waals surface area contributed by atoms with Gasteiger partial charge in [0, 0.05) is 76.5 Å². The largest absolute Gasteiger partial charge is 0.352 e. The van der Waals surface area contributed by atoms with Crippen LogP contribution >= 0.6 is 11.3 Å². The third kappa shape index (κ3) is 4.99. The number of nitrogens with zero attached hydrogens (tertiary/aromatic N) is 6. The zero-order chi connectivity index (χ0) is 25.2. The molecule has 2 N–H and O–H groups in total. The van der Waals surface area contributed by atoms with E-state index >= 15 is 0 Å². The first kappa shape index (κ1) is 24.4. The van der Waals surface area contributed by atoms with Gasteiger partial charge in [-0.15, -0.1) is 0 Å². The second-order valence-corrected chi connectivity index (χ2v) is 10.2. The summed E-state index contributed by atoms with van der Waals surface area (Å²) in [6.45, 7) is 9.67. The summed E-state index contributed by atoms with van der Waals surface area (Å²) in [6.07, 6.45) is 1.86. The van der Waals surface area contributed by atoms with Crippen LogP contribution in [0.3, 0.4) is 0 Å². The van der Waals surface area contributed by atoms with Crippen molar-refractivity contribution in [1.82, 2.24) is 29.7 Å². The first-order chi connectivity index (χ1) is 17.4. The highest BCUT2D eigenvalue weighted by atomic mass is 32.1. The van der Waals surface area contributed by atoms with Crippen molar-refractivity contribution in [3.05, 3.63) is 51.9 Å². The van der Waals surface area contributed by atoms with E-state index < -0.39 is 0 Å². The fourth-order valence-corrected chi connectivity index (χ4v) is 5.76. The number of hydrogen-bond donors (Lipinski definition) is 2. The fraction of sp³-hybridized carbons (Fsp3) is 0.440. The van der Waals surface area contributed by atoms with Crippen LogP contribution in [0.1, 0.15) is 12.6 Å². The van der Waals surface area contributed by atoms with Crippen LogP contribution in [0.15, 0.2) is 41.3 Å². The van der Waals surface area contributed by atoms with E-state index in [1.807, 2.05) is 30.0 Å². The third-order valence-electron chi connectivity index (χ3n) is 7.01. The molecule has 0 bridgehead atoms. The number of piperazine rings is 2. The molecular formula is C25H32N8O2S. The molecule has 2 fully saturated rings. The Morgan fingerprint density at radius 3 is 2.53 bits per heavy atom. The van der Waals surface area contributed by atoms with Crippen LogP contribution in [0.5, 0.6) is 0 Å². The van der Waals surface area contributed by atoms with Gasteiger partial charge in [-0.25, -0.2) is 9.97 Å². The first-order valence-electron chi connectivity index (χ1n) is 12.2. The number of aromatic nitrogens is 3. The van der Waals surface area contributed by atoms with E-state index in [1.54, 1.807) is 24.7 Å². The molecule has 4 heterocycles. The Morgan fingerprint density at radius 1 is 1.11 bits per heavy atom. The maximum absolute atomic E-state index is 12.1. The van der Waals surface area contributed by atoms with Gasteiger partial charge in [0.25, 0.3) is 0 Å². The molecule has 1 atom stereocenters. The molecule has 1 amide bonds. The molecule has 5 rings (SSSR count). The minimum Gasteiger partial charge on any atom is -0.352 e. The average Bonchev–Trinajstić information content (AvgIpc) is 3.16. The maximum atomic E-state index is 12.1. The summed E-state index contributed by atoms with van der Waals surface area (Å²) in [5.74, 6) is 0.617. The Labute approximate surface area is 214 Å². The Bertz CT molecular complexity index is 1280. The Morgan fingerprint density at radius 2 is 1.86 bits per heavy atom. The van der Waals surface area contributed by atoms with Crippen molar-refractivity contribution in [2.45, 2.75) is 20.0 Å². The molecule has 2 aromatic heterocycles. The predicted molar refractivity (Wildman–Crippen MR) is 143 cm³/mol. The average molecular weight is 509 g/mol. The molecule has 3 aromatic rings. The highest BCUT2D eigenvalue weighted by molar-refractivity contribution is 7.13. The van der Waals surface area contributed by atoms with Crippen LogP contribution in [-0.2, 0) is 11.8 Å². The molecule has 2 saturated heterocycles. The maximum Gasteiger partial charge on any atom is 0.307 e. The van der Waals surface area contributed by atoms with Gasteiger partial charge in [-0.05, 0) is 37.3 Å². The lowest BCUT2D eigenvalue weighted by Gasteiger charge is -2.48. The normalized spacial score (nSPS) is 18.9. The Kier molecular flexibility index (Phi) is 7.04. The van der Waals surface area contributed by atoms with Gasteiger partial charge < -0.3 is 25.0 Å². The molecule has 1 aromatic carbocycles. The van der Waals surface area contributed by atoms with Gasteiger partial charge >= 0.3 is 4.87 Å². The van der Waals surface area contributed by atoms with Crippen molar-refractivity contribution in [3.8, 4) is 10.6 Å². The lowest BCUT2D eigenvalue weighted by atomic mass is 10.1. The molecule has 36 heavy (non-hydrogen) atoms. The van der Waals surface area contributed by atoms with Crippen molar-refractivity contribution in [2.24, 2.45) is 7.05 Å². The molecule has 0 radical (unpaired) electrons. The second-order valence-electron chi connectivity index (χ2n) is 9.20. The summed E-state index contributed by atoms with van der Waals surface area (Å²) in [5, 5.41) is 6.71. The minimum absolute atomic E-state index is 0.00512. The molecule has 0 aliphatic carbocycles. The smallest absolute Gasteiger partial charge is 0.307 e. The zero-order valence-electron chi connectivity index (χ0n) is 20.9. The summed E-state index contributed by atoms with van der Waals surface area (Å²) in [6, 6.07) is 10.1. The molecule has 2 aliphatic rings. The first-order valence-corrected chi connectivity index (χ1v) is 13.1. The fourth-order valence-electron chi connectivity index (χ4n) is 4.81. The SMILES string of the molecule is CC(=O)N1CCN(c2ccc(Nc3nccc(-c4sc(=O)n(C)c4C)n3)cc2)C(N2CCNCC2)C1. The van der Waals surface area contributed by atoms with E-state index in [0.717, 1.165) is 66.9 Å². The number of hydrogen-bond acceptors (Lipinski definition) is 9. The van der Waals surface area contributed by atoms with Gasteiger partial charge in [0.1, 0.15) is 6.17 Å². The van der Waals surface area contributed by atoms with E-state index in [2.05, 4.69) is 42.5 Å². The quantitative estimate of drug-likeness (QED) is 0.539. The number of thiazole rings is 1. The third-order valence-corrected chi connectivity index (χ3v) is 8.17. The number of amides is 1. The molecule has 1 unspecified atom stereocenters. The number of nitrogens with one attached hydrogen (secondary N) is 2. The van der Waals surface area contributed by atoms with E-state index in [4.69, 9.17) is 0 Å².